The van der Waals surface area contributed by atoms with Crippen molar-refractivity contribution in [2.75, 3.05) is 6.54 Å². The summed E-state index contributed by atoms with van der Waals surface area (Å²) in [6.07, 6.45) is 5.60. The summed E-state index contributed by atoms with van der Waals surface area (Å²) in [6.45, 7) is 0.609. The highest BCUT2D eigenvalue weighted by Gasteiger charge is 2.28. The largest absolute Gasteiger partial charge is 0.330 e. The van der Waals surface area contributed by atoms with E-state index in [0.717, 1.165) is 24.2 Å². The van der Waals surface area contributed by atoms with Gasteiger partial charge in [-0.15, -0.1) is 0 Å². The van der Waals surface area contributed by atoms with E-state index in [-0.39, 0.29) is 5.25 Å². The van der Waals surface area contributed by atoms with Crippen molar-refractivity contribution in [3.63, 3.8) is 0 Å². The van der Waals surface area contributed by atoms with Gasteiger partial charge >= 0.3 is 0 Å². The van der Waals surface area contributed by atoms with Crippen molar-refractivity contribution < 1.29 is 4.21 Å². The Bertz CT molecular complexity index is 467. The van der Waals surface area contributed by atoms with Gasteiger partial charge in [-0.25, -0.2) is 0 Å². The molecule has 2 rings (SSSR count). The maximum atomic E-state index is 12.7. The molecule has 0 radical (unpaired) electrons. The average molecular weight is 320 g/mol. The van der Waals surface area contributed by atoms with E-state index in [1.165, 1.54) is 12.8 Å². The molecule has 2 nitrogen and oxygen atoms in total. The lowest BCUT2D eigenvalue weighted by atomic mass is 10.0. The van der Waals surface area contributed by atoms with E-state index in [0.29, 0.717) is 22.5 Å². The number of hydrogen-bond donors (Lipinski definition) is 1. The SMILES string of the molecule is NCC1CCCCCC1S(=O)c1ccc(Cl)c(Cl)c1. The first-order chi connectivity index (χ1) is 9.13. The minimum absolute atomic E-state index is 0.143. The maximum absolute atomic E-state index is 12.7. The van der Waals surface area contributed by atoms with Gasteiger partial charge in [0, 0.05) is 10.1 Å². The third kappa shape index (κ3) is 3.72. The third-order valence-corrected chi connectivity index (χ3v) is 6.42. The highest BCUT2D eigenvalue weighted by atomic mass is 35.5. The molecule has 0 aromatic heterocycles. The van der Waals surface area contributed by atoms with Crippen LogP contribution in [0, 0.1) is 5.92 Å². The summed E-state index contributed by atoms with van der Waals surface area (Å²) >= 11 is 11.9. The van der Waals surface area contributed by atoms with E-state index in [9.17, 15) is 4.21 Å². The molecule has 1 aliphatic carbocycles. The van der Waals surface area contributed by atoms with Crippen molar-refractivity contribution in [1.82, 2.24) is 0 Å². The Kier molecular flexibility index (Phi) is 5.70. The summed E-state index contributed by atoms with van der Waals surface area (Å²) in [5.41, 5.74) is 5.85. The molecule has 0 spiro atoms. The van der Waals surface area contributed by atoms with E-state index in [1.807, 2.05) is 6.07 Å². The highest BCUT2D eigenvalue weighted by molar-refractivity contribution is 7.85. The monoisotopic (exact) mass is 319 g/mol. The van der Waals surface area contributed by atoms with E-state index in [1.54, 1.807) is 12.1 Å². The molecule has 1 saturated carbocycles. The zero-order chi connectivity index (χ0) is 13.8. The molecule has 1 aromatic carbocycles. The van der Waals surface area contributed by atoms with Crippen molar-refractivity contribution in [2.45, 2.75) is 42.2 Å². The fourth-order valence-electron chi connectivity index (χ4n) is 2.68. The number of halogens is 2. The molecule has 0 heterocycles. The van der Waals surface area contributed by atoms with Crippen LogP contribution in [0.2, 0.25) is 10.0 Å². The van der Waals surface area contributed by atoms with E-state index < -0.39 is 10.8 Å². The Labute approximate surface area is 127 Å². The fraction of sp³-hybridized carbons (Fsp3) is 0.571. The van der Waals surface area contributed by atoms with E-state index in [2.05, 4.69) is 0 Å². The van der Waals surface area contributed by atoms with Gasteiger partial charge in [0.25, 0.3) is 0 Å². The molecular weight excluding hydrogens is 301 g/mol. The Morgan fingerprint density at radius 1 is 1.16 bits per heavy atom. The van der Waals surface area contributed by atoms with E-state index in [4.69, 9.17) is 28.9 Å². The topological polar surface area (TPSA) is 43.1 Å². The first-order valence-corrected chi connectivity index (χ1v) is 8.66. The van der Waals surface area contributed by atoms with E-state index >= 15 is 0 Å². The summed E-state index contributed by atoms with van der Waals surface area (Å²) in [4.78, 5) is 0.764. The van der Waals surface area contributed by atoms with Crippen LogP contribution in [0.5, 0.6) is 0 Å². The van der Waals surface area contributed by atoms with Gasteiger partial charge in [-0.05, 0) is 43.5 Å². The lowest BCUT2D eigenvalue weighted by Gasteiger charge is -2.23. The Morgan fingerprint density at radius 3 is 2.58 bits per heavy atom. The molecule has 19 heavy (non-hydrogen) atoms. The normalized spacial score (nSPS) is 25.8. The van der Waals surface area contributed by atoms with Gasteiger partial charge < -0.3 is 5.73 Å². The molecule has 0 bridgehead atoms. The number of hydrogen-bond acceptors (Lipinski definition) is 2. The molecule has 2 N–H and O–H groups in total. The van der Waals surface area contributed by atoms with Crippen LogP contribution in [0.1, 0.15) is 32.1 Å². The second-order valence-electron chi connectivity index (χ2n) is 5.05. The minimum atomic E-state index is -1.05. The third-order valence-electron chi connectivity index (χ3n) is 3.79. The number of benzene rings is 1. The van der Waals surface area contributed by atoms with Gasteiger partial charge in [0.1, 0.15) is 0 Å². The van der Waals surface area contributed by atoms with Crippen LogP contribution in [-0.4, -0.2) is 16.0 Å². The zero-order valence-electron chi connectivity index (χ0n) is 10.8. The van der Waals surface area contributed by atoms with Gasteiger partial charge in [0.05, 0.1) is 20.8 Å². The molecule has 0 aliphatic heterocycles. The molecule has 3 unspecified atom stereocenters. The first kappa shape index (κ1) is 15.3. The Balaban J connectivity index is 2.22. The van der Waals surface area contributed by atoms with Gasteiger partial charge in [-0.1, -0.05) is 42.5 Å². The van der Waals surface area contributed by atoms with Crippen LogP contribution < -0.4 is 5.73 Å². The van der Waals surface area contributed by atoms with Crippen LogP contribution in [0.3, 0.4) is 0 Å². The van der Waals surface area contributed by atoms with Crippen LogP contribution in [0.25, 0.3) is 0 Å². The first-order valence-electron chi connectivity index (χ1n) is 6.69. The summed E-state index contributed by atoms with van der Waals surface area (Å²) in [6, 6.07) is 5.24. The van der Waals surface area contributed by atoms with Crippen molar-refractivity contribution in [3.8, 4) is 0 Å². The number of rotatable bonds is 3. The molecule has 3 atom stereocenters. The van der Waals surface area contributed by atoms with Crippen molar-refractivity contribution in [1.29, 1.82) is 0 Å². The molecule has 0 amide bonds. The minimum Gasteiger partial charge on any atom is -0.330 e. The second kappa shape index (κ2) is 7.07. The molecular formula is C14H19Cl2NOS. The van der Waals surface area contributed by atoms with Gasteiger partial charge in [-0.2, -0.15) is 0 Å². The van der Waals surface area contributed by atoms with Crippen molar-refractivity contribution in [3.05, 3.63) is 28.2 Å². The predicted molar refractivity (Wildman–Crippen MR) is 82.3 cm³/mol. The summed E-state index contributed by atoms with van der Waals surface area (Å²) in [5.74, 6) is 0.345. The second-order valence-corrected chi connectivity index (χ2v) is 7.53. The molecule has 106 valence electrons. The quantitative estimate of drug-likeness (QED) is 0.855. The van der Waals surface area contributed by atoms with Gasteiger partial charge in [-0.3, -0.25) is 4.21 Å². The summed E-state index contributed by atoms with van der Waals surface area (Å²) in [7, 11) is -1.05. The van der Waals surface area contributed by atoms with Crippen LogP contribution >= 0.6 is 23.2 Å². The molecule has 0 saturated heterocycles. The standard InChI is InChI=1S/C14H19Cl2NOS/c15-12-7-6-11(8-13(12)16)19(18)14-5-3-1-2-4-10(14)9-17/h6-8,10,14H,1-5,9,17H2. The average Bonchev–Trinajstić information content (AvgIpc) is 2.66. The zero-order valence-corrected chi connectivity index (χ0v) is 13.1. The fourth-order valence-corrected chi connectivity index (χ4v) is 4.80. The lowest BCUT2D eigenvalue weighted by molar-refractivity contribution is 0.473. The maximum Gasteiger partial charge on any atom is 0.0604 e. The highest BCUT2D eigenvalue weighted by Crippen LogP contribution is 2.31. The van der Waals surface area contributed by atoms with Gasteiger partial charge in [0.15, 0.2) is 0 Å². The molecule has 1 fully saturated rings. The molecule has 1 aliphatic rings. The number of nitrogens with two attached hydrogens (primary N) is 1. The molecule has 1 aromatic rings. The van der Waals surface area contributed by atoms with Crippen LogP contribution in [-0.2, 0) is 10.8 Å². The van der Waals surface area contributed by atoms with Crippen LogP contribution in [0.4, 0.5) is 0 Å². The Hall–Kier alpha value is -0.0900. The van der Waals surface area contributed by atoms with Gasteiger partial charge in [0.2, 0.25) is 0 Å². The van der Waals surface area contributed by atoms with Crippen molar-refractivity contribution >= 4 is 34.0 Å². The van der Waals surface area contributed by atoms with Crippen molar-refractivity contribution in [2.24, 2.45) is 11.7 Å². The van der Waals surface area contributed by atoms with Crippen LogP contribution in [0.15, 0.2) is 23.1 Å². The summed E-state index contributed by atoms with van der Waals surface area (Å²) in [5, 5.41) is 1.11. The predicted octanol–water partition coefficient (Wildman–Crippen LogP) is 4.01. The Morgan fingerprint density at radius 2 is 1.89 bits per heavy atom. The molecule has 5 heteroatoms. The summed E-state index contributed by atoms with van der Waals surface area (Å²) < 4.78 is 12.7. The lowest BCUT2D eigenvalue weighted by Crippen LogP contribution is -2.30. The smallest absolute Gasteiger partial charge is 0.0604 e.